The Morgan fingerprint density at radius 3 is 2.63 bits per heavy atom. The molecular formula is C17H19F5N2O3. The number of alkyl halides is 5. The number of carbonyl (C=O) groups is 1. The molecule has 27 heavy (non-hydrogen) atoms. The average molecular weight is 394 g/mol. The van der Waals surface area contributed by atoms with Gasteiger partial charge in [0.05, 0.1) is 31.9 Å². The Kier molecular flexibility index (Phi) is 5.57. The lowest BCUT2D eigenvalue weighted by Gasteiger charge is -2.27. The summed E-state index contributed by atoms with van der Waals surface area (Å²) in [6.45, 7) is -0.888. The number of ether oxygens (including phenoxy) is 2. The van der Waals surface area contributed by atoms with Gasteiger partial charge in [-0.05, 0) is 30.2 Å². The summed E-state index contributed by atoms with van der Waals surface area (Å²) in [5, 5.41) is 2.41. The second kappa shape index (κ2) is 7.59. The van der Waals surface area contributed by atoms with Gasteiger partial charge in [0.15, 0.2) is 0 Å². The lowest BCUT2D eigenvalue weighted by molar-refractivity contribution is -0.138. The van der Waals surface area contributed by atoms with E-state index in [9.17, 15) is 26.7 Å². The SMILES string of the molecule is O=C(Nc1ccc(C(F)(F)F)c(CC2COC2)c1)N1CCOCC(F)(F)C1. The van der Waals surface area contributed by atoms with E-state index in [4.69, 9.17) is 9.47 Å². The number of halogens is 5. The molecule has 1 aromatic carbocycles. The van der Waals surface area contributed by atoms with E-state index in [0.29, 0.717) is 13.2 Å². The fourth-order valence-electron chi connectivity index (χ4n) is 3.01. The van der Waals surface area contributed by atoms with E-state index in [-0.39, 0.29) is 36.7 Å². The zero-order valence-electron chi connectivity index (χ0n) is 14.3. The molecular weight excluding hydrogens is 375 g/mol. The third-order valence-electron chi connectivity index (χ3n) is 4.41. The van der Waals surface area contributed by atoms with Gasteiger partial charge in [0, 0.05) is 18.2 Å². The largest absolute Gasteiger partial charge is 0.416 e. The Morgan fingerprint density at radius 1 is 1.26 bits per heavy atom. The quantitative estimate of drug-likeness (QED) is 0.800. The van der Waals surface area contributed by atoms with Gasteiger partial charge in [0.2, 0.25) is 0 Å². The lowest BCUT2D eigenvalue weighted by atomic mass is 9.93. The maximum Gasteiger partial charge on any atom is 0.416 e. The minimum Gasteiger partial charge on any atom is -0.381 e. The van der Waals surface area contributed by atoms with Crippen LogP contribution in [-0.2, 0) is 22.1 Å². The molecule has 0 bridgehead atoms. The van der Waals surface area contributed by atoms with Gasteiger partial charge in [-0.15, -0.1) is 0 Å². The van der Waals surface area contributed by atoms with Crippen molar-refractivity contribution in [2.24, 2.45) is 5.92 Å². The van der Waals surface area contributed by atoms with E-state index >= 15 is 0 Å². The number of anilines is 1. The van der Waals surface area contributed by atoms with Gasteiger partial charge >= 0.3 is 12.2 Å². The fraction of sp³-hybridized carbons (Fsp3) is 0.588. The van der Waals surface area contributed by atoms with Crippen LogP contribution in [0.1, 0.15) is 11.1 Å². The first kappa shape index (κ1) is 19.8. The number of nitrogens with one attached hydrogen (secondary N) is 1. The van der Waals surface area contributed by atoms with Crippen LogP contribution in [0.2, 0.25) is 0 Å². The molecule has 0 atom stereocenters. The number of hydrogen-bond donors (Lipinski definition) is 1. The molecule has 5 nitrogen and oxygen atoms in total. The smallest absolute Gasteiger partial charge is 0.381 e. The van der Waals surface area contributed by atoms with Gasteiger partial charge in [-0.25, -0.2) is 13.6 Å². The summed E-state index contributed by atoms with van der Waals surface area (Å²) in [7, 11) is 0. The molecule has 0 aliphatic carbocycles. The van der Waals surface area contributed by atoms with Crippen molar-refractivity contribution >= 4 is 11.7 Å². The molecule has 2 fully saturated rings. The molecule has 0 unspecified atom stereocenters. The first-order valence-corrected chi connectivity index (χ1v) is 8.43. The molecule has 10 heteroatoms. The summed E-state index contributed by atoms with van der Waals surface area (Å²) in [6, 6.07) is 2.45. The second-order valence-electron chi connectivity index (χ2n) is 6.74. The highest BCUT2D eigenvalue weighted by Gasteiger charge is 2.37. The molecule has 3 rings (SSSR count). The standard InChI is InChI=1S/C17H19F5N2O3/c18-16(19)9-24(3-4-26-10-16)15(25)23-13-1-2-14(17(20,21)22)12(6-13)5-11-7-27-8-11/h1-2,6,11H,3-5,7-10H2,(H,23,25). The molecule has 0 saturated carbocycles. The Balaban J connectivity index is 1.75. The zero-order valence-corrected chi connectivity index (χ0v) is 14.3. The van der Waals surface area contributed by atoms with Gasteiger partial charge in [0.1, 0.15) is 6.61 Å². The van der Waals surface area contributed by atoms with Gasteiger partial charge in [-0.1, -0.05) is 0 Å². The predicted octanol–water partition coefficient (Wildman–Crippen LogP) is 3.39. The van der Waals surface area contributed by atoms with Crippen molar-refractivity contribution in [3.63, 3.8) is 0 Å². The molecule has 0 spiro atoms. The van der Waals surface area contributed by atoms with Crippen LogP contribution < -0.4 is 5.32 Å². The lowest BCUT2D eigenvalue weighted by Crippen LogP contribution is -2.43. The Labute approximate surface area is 152 Å². The van der Waals surface area contributed by atoms with Crippen LogP contribution in [0.25, 0.3) is 0 Å². The summed E-state index contributed by atoms with van der Waals surface area (Å²) < 4.78 is 76.5. The van der Waals surface area contributed by atoms with Crippen molar-refractivity contribution in [1.29, 1.82) is 0 Å². The third-order valence-corrected chi connectivity index (χ3v) is 4.41. The number of urea groups is 1. The summed E-state index contributed by atoms with van der Waals surface area (Å²) in [5.41, 5.74) is -0.614. The van der Waals surface area contributed by atoms with E-state index in [1.165, 1.54) is 6.07 Å². The maximum atomic E-state index is 13.6. The van der Waals surface area contributed by atoms with Crippen molar-refractivity contribution in [3.05, 3.63) is 29.3 Å². The van der Waals surface area contributed by atoms with Crippen molar-refractivity contribution in [3.8, 4) is 0 Å². The highest BCUT2D eigenvalue weighted by Crippen LogP contribution is 2.35. The number of carbonyl (C=O) groups excluding carboxylic acids is 1. The van der Waals surface area contributed by atoms with E-state index in [1.807, 2.05) is 0 Å². The molecule has 2 amide bonds. The highest BCUT2D eigenvalue weighted by molar-refractivity contribution is 5.89. The van der Waals surface area contributed by atoms with Crippen LogP contribution in [0.15, 0.2) is 18.2 Å². The Hall–Kier alpha value is -1.94. The molecule has 150 valence electrons. The molecule has 0 aromatic heterocycles. The van der Waals surface area contributed by atoms with Gasteiger partial charge < -0.3 is 19.7 Å². The first-order chi connectivity index (χ1) is 12.6. The maximum absolute atomic E-state index is 13.6. The summed E-state index contributed by atoms with van der Waals surface area (Å²) in [5.74, 6) is -3.19. The van der Waals surface area contributed by atoms with Crippen LogP contribution in [0.5, 0.6) is 0 Å². The number of benzene rings is 1. The number of nitrogens with zero attached hydrogens (tertiary/aromatic N) is 1. The molecule has 2 saturated heterocycles. The summed E-state index contributed by atoms with van der Waals surface area (Å²) in [6.07, 6.45) is -4.36. The molecule has 2 aliphatic rings. The van der Waals surface area contributed by atoms with E-state index in [2.05, 4.69) is 5.32 Å². The van der Waals surface area contributed by atoms with Crippen LogP contribution in [-0.4, -0.2) is 56.4 Å². The first-order valence-electron chi connectivity index (χ1n) is 8.43. The van der Waals surface area contributed by atoms with Crippen LogP contribution >= 0.6 is 0 Å². The summed E-state index contributed by atoms with van der Waals surface area (Å²) in [4.78, 5) is 13.2. The van der Waals surface area contributed by atoms with Crippen molar-refractivity contribution in [2.45, 2.75) is 18.5 Å². The van der Waals surface area contributed by atoms with E-state index in [0.717, 1.165) is 17.0 Å². The van der Waals surface area contributed by atoms with Gasteiger partial charge in [0.25, 0.3) is 5.92 Å². The second-order valence-corrected chi connectivity index (χ2v) is 6.74. The minimum atomic E-state index is -4.52. The molecule has 1 N–H and O–H groups in total. The van der Waals surface area contributed by atoms with Crippen molar-refractivity contribution in [2.75, 3.05) is 44.8 Å². The number of amides is 2. The van der Waals surface area contributed by atoms with Gasteiger partial charge in [-0.3, -0.25) is 0 Å². The highest BCUT2D eigenvalue weighted by atomic mass is 19.4. The molecule has 0 radical (unpaired) electrons. The van der Waals surface area contributed by atoms with E-state index < -0.39 is 36.8 Å². The minimum absolute atomic E-state index is 0.0153. The van der Waals surface area contributed by atoms with Crippen LogP contribution in [0, 0.1) is 5.92 Å². The van der Waals surface area contributed by atoms with Crippen molar-refractivity contribution < 1.29 is 36.2 Å². The van der Waals surface area contributed by atoms with Crippen LogP contribution in [0.3, 0.4) is 0 Å². The molecule has 1 aromatic rings. The normalized spacial score (nSPS) is 20.7. The number of hydrogen-bond acceptors (Lipinski definition) is 3. The third kappa shape index (κ3) is 5.07. The van der Waals surface area contributed by atoms with Gasteiger partial charge in [-0.2, -0.15) is 13.2 Å². The van der Waals surface area contributed by atoms with Crippen LogP contribution in [0.4, 0.5) is 32.4 Å². The van der Waals surface area contributed by atoms with E-state index in [1.54, 1.807) is 0 Å². The fourth-order valence-corrected chi connectivity index (χ4v) is 3.01. The Morgan fingerprint density at radius 2 is 2.00 bits per heavy atom. The van der Waals surface area contributed by atoms with Crippen molar-refractivity contribution in [1.82, 2.24) is 4.90 Å². The molecule has 2 heterocycles. The topological polar surface area (TPSA) is 50.8 Å². The molecule has 2 aliphatic heterocycles. The zero-order chi connectivity index (χ0) is 19.7. The summed E-state index contributed by atoms with van der Waals surface area (Å²) >= 11 is 0. The number of rotatable bonds is 3. The average Bonchev–Trinajstić information content (AvgIpc) is 2.70. The predicted molar refractivity (Wildman–Crippen MR) is 85.8 cm³/mol. The Bertz CT molecular complexity index is 692. The monoisotopic (exact) mass is 394 g/mol.